The molecule has 3 nitrogen and oxygen atoms in total. The van der Waals surface area contributed by atoms with Gasteiger partial charge >= 0.3 is 5.97 Å². The molecule has 0 N–H and O–H groups in total. The van der Waals surface area contributed by atoms with Crippen molar-refractivity contribution in [2.45, 2.75) is 51.1 Å². The number of esters is 1. The minimum Gasteiger partial charge on any atom is -0.462 e. The molecule has 0 saturated carbocycles. The van der Waals surface area contributed by atoms with Gasteiger partial charge in [0.05, 0.1) is 6.10 Å². The predicted molar refractivity (Wildman–Crippen MR) is 61.9 cm³/mol. The molecule has 0 amide bonds. The van der Waals surface area contributed by atoms with Crippen LogP contribution in [-0.4, -0.2) is 29.9 Å². The lowest BCUT2D eigenvalue weighted by Crippen LogP contribution is -2.18. The quantitative estimate of drug-likeness (QED) is 0.659. The Morgan fingerprint density at radius 3 is 2.93 bits per heavy atom. The SMILES string of the molecule is CCCC(=O)OCC1OC(CCC)CS1. The van der Waals surface area contributed by atoms with Gasteiger partial charge < -0.3 is 9.47 Å². The second-order valence-electron chi connectivity index (χ2n) is 3.74. The maximum atomic E-state index is 11.1. The second kappa shape index (κ2) is 7.12. The van der Waals surface area contributed by atoms with Crippen LogP contribution in [-0.2, 0) is 14.3 Å². The van der Waals surface area contributed by atoms with Crippen LogP contribution in [0.3, 0.4) is 0 Å². The highest BCUT2D eigenvalue weighted by molar-refractivity contribution is 8.00. The van der Waals surface area contributed by atoms with E-state index in [1.54, 1.807) is 11.8 Å². The van der Waals surface area contributed by atoms with Crippen LogP contribution in [0, 0.1) is 0 Å². The van der Waals surface area contributed by atoms with Crippen molar-refractivity contribution in [3.63, 3.8) is 0 Å². The Morgan fingerprint density at radius 2 is 2.27 bits per heavy atom. The van der Waals surface area contributed by atoms with E-state index in [1.807, 2.05) is 6.92 Å². The molecule has 88 valence electrons. The number of thioether (sulfide) groups is 1. The van der Waals surface area contributed by atoms with Gasteiger partial charge in [0.15, 0.2) is 0 Å². The van der Waals surface area contributed by atoms with Crippen LogP contribution in [0.5, 0.6) is 0 Å². The van der Waals surface area contributed by atoms with Crippen molar-refractivity contribution in [1.82, 2.24) is 0 Å². The van der Waals surface area contributed by atoms with Crippen molar-refractivity contribution >= 4 is 17.7 Å². The van der Waals surface area contributed by atoms with E-state index in [4.69, 9.17) is 9.47 Å². The molecule has 0 aliphatic carbocycles. The van der Waals surface area contributed by atoms with Gasteiger partial charge in [0.1, 0.15) is 12.0 Å². The Morgan fingerprint density at radius 1 is 1.47 bits per heavy atom. The van der Waals surface area contributed by atoms with Crippen LogP contribution in [0.4, 0.5) is 0 Å². The first-order chi connectivity index (χ1) is 7.26. The summed E-state index contributed by atoms with van der Waals surface area (Å²) in [6, 6.07) is 0. The molecule has 0 aromatic carbocycles. The van der Waals surface area contributed by atoms with Crippen LogP contribution >= 0.6 is 11.8 Å². The molecule has 0 aromatic heterocycles. The number of ether oxygens (including phenoxy) is 2. The number of hydrogen-bond acceptors (Lipinski definition) is 4. The van der Waals surface area contributed by atoms with Crippen molar-refractivity contribution in [3.8, 4) is 0 Å². The van der Waals surface area contributed by atoms with E-state index in [-0.39, 0.29) is 11.4 Å². The zero-order valence-electron chi connectivity index (χ0n) is 9.53. The normalized spacial score (nSPS) is 25.5. The third-order valence-corrected chi connectivity index (χ3v) is 3.44. The third kappa shape index (κ3) is 4.89. The van der Waals surface area contributed by atoms with Crippen LogP contribution in [0.15, 0.2) is 0 Å². The van der Waals surface area contributed by atoms with Gasteiger partial charge in [-0.05, 0) is 12.8 Å². The highest BCUT2D eigenvalue weighted by atomic mass is 32.2. The molecule has 0 bridgehead atoms. The maximum Gasteiger partial charge on any atom is 0.305 e. The van der Waals surface area contributed by atoms with E-state index < -0.39 is 0 Å². The average molecular weight is 232 g/mol. The Bertz CT molecular complexity index is 196. The molecular formula is C11H20O3S. The first kappa shape index (κ1) is 12.8. The fraction of sp³-hybridized carbons (Fsp3) is 0.909. The van der Waals surface area contributed by atoms with Gasteiger partial charge in [-0.25, -0.2) is 0 Å². The molecule has 0 spiro atoms. The van der Waals surface area contributed by atoms with Gasteiger partial charge in [-0.1, -0.05) is 20.3 Å². The molecule has 1 fully saturated rings. The second-order valence-corrected chi connectivity index (χ2v) is 4.94. The van der Waals surface area contributed by atoms with E-state index in [9.17, 15) is 4.79 Å². The minimum absolute atomic E-state index is 0.0577. The van der Waals surface area contributed by atoms with Crippen LogP contribution in [0.1, 0.15) is 39.5 Å². The Hall–Kier alpha value is -0.220. The van der Waals surface area contributed by atoms with Gasteiger partial charge in [-0.2, -0.15) is 0 Å². The van der Waals surface area contributed by atoms with E-state index in [1.165, 1.54) is 0 Å². The van der Waals surface area contributed by atoms with Crippen LogP contribution < -0.4 is 0 Å². The van der Waals surface area contributed by atoms with Crippen molar-refractivity contribution in [2.75, 3.05) is 12.4 Å². The van der Waals surface area contributed by atoms with Crippen molar-refractivity contribution in [2.24, 2.45) is 0 Å². The number of hydrogen-bond donors (Lipinski definition) is 0. The monoisotopic (exact) mass is 232 g/mol. The summed E-state index contributed by atoms with van der Waals surface area (Å²) in [5, 5.41) is 0. The first-order valence-corrected chi connectivity index (χ1v) is 6.73. The highest BCUT2D eigenvalue weighted by Crippen LogP contribution is 2.27. The fourth-order valence-corrected chi connectivity index (χ4v) is 2.58. The van der Waals surface area contributed by atoms with Crippen molar-refractivity contribution in [3.05, 3.63) is 0 Å². The topological polar surface area (TPSA) is 35.5 Å². The van der Waals surface area contributed by atoms with Gasteiger partial charge in [0.2, 0.25) is 0 Å². The lowest BCUT2D eigenvalue weighted by molar-refractivity contribution is -0.146. The first-order valence-electron chi connectivity index (χ1n) is 5.69. The van der Waals surface area contributed by atoms with E-state index in [0.29, 0.717) is 19.1 Å². The molecule has 15 heavy (non-hydrogen) atoms. The molecular weight excluding hydrogens is 212 g/mol. The molecule has 0 radical (unpaired) electrons. The lowest BCUT2D eigenvalue weighted by Gasteiger charge is -2.12. The standard InChI is InChI=1S/C11H20O3S/c1-3-5-9-8-15-11(14-9)7-13-10(12)6-4-2/h9,11H,3-8H2,1-2H3. The highest BCUT2D eigenvalue weighted by Gasteiger charge is 2.25. The molecule has 2 atom stereocenters. The van der Waals surface area contributed by atoms with E-state index in [0.717, 1.165) is 25.0 Å². The minimum atomic E-state index is -0.111. The Balaban J connectivity index is 2.10. The summed E-state index contributed by atoms with van der Waals surface area (Å²) < 4.78 is 10.8. The lowest BCUT2D eigenvalue weighted by atomic mass is 10.2. The summed E-state index contributed by atoms with van der Waals surface area (Å²) in [5.74, 6) is 0.921. The molecule has 1 aliphatic rings. The van der Waals surface area contributed by atoms with Crippen molar-refractivity contribution < 1.29 is 14.3 Å². The zero-order chi connectivity index (χ0) is 11.1. The summed E-state index contributed by atoms with van der Waals surface area (Å²) in [6.45, 7) is 4.53. The van der Waals surface area contributed by atoms with Gasteiger partial charge in [-0.15, -0.1) is 11.8 Å². The third-order valence-electron chi connectivity index (χ3n) is 2.26. The van der Waals surface area contributed by atoms with E-state index >= 15 is 0 Å². The predicted octanol–water partition coefficient (Wildman–Crippen LogP) is 2.59. The largest absolute Gasteiger partial charge is 0.462 e. The van der Waals surface area contributed by atoms with E-state index in [2.05, 4.69) is 6.92 Å². The maximum absolute atomic E-state index is 11.1. The molecule has 1 aliphatic heterocycles. The van der Waals surface area contributed by atoms with Gasteiger partial charge in [0, 0.05) is 12.2 Å². The number of carbonyl (C=O) groups excluding carboxylic acids is 1. The molecule has 0 aromatic rings. The molecule has 1 heterocycles. The summed E-state index contributed by atoms with van der Waals surface area (Å²) in [5.41, 5.74) is 0.0577. The molecule has 2 unspecified atom stereocenters. The van der Waals surface area contributed by atoms with Gasteiger partial charge in [0.25, 0.3) is 0 Å². The Kier molecular flexibility index (Phi) is 6.10. The summed E-state index contributed by atoms with van der Waals surface area (Å²) in [6.07, 6.45) is 3.96. The van der Waals surface area contributed by atoms with Gasteiger partial charge in [-0.3, -0.25) is 4.79 Å². The summed E-state index contributed by atoms with van der Waals surface area (Å²) >= 11 is 1.75. The number of rotatable bonds is 6. The molecule has 1 saturated heterocycles. The Labute approximate surface area is 95.9 Å². The molecule has 4 heteroatoms. The van der Waals surface area contributed by atoms with Crippen LogP contribution in [0.25, 0.3) is 0 Å². The zero-order valence-corrected chi connectivity index (χ0v) is 10.3. The smallest absolute Gasteiger partial charge is 0.305 e. The summed E-state index contributed by atoms with van der Waals surface area (Å²) in [7, 11) is 0. The van der Waals surface area contributed by atoms with Crippen LogP contribution in [0.2, 0.25) is 0 Å². The average Bonchev–Trinajstić information content (AvgIpc) is 2.64. The number of carbonyl (C=O) groups is 1. The fourth-order valence-electron chi connectivity index (χ4n) is 1.51. The summed E-state index contributed by atoms with van der Waals surface area (Å²) in [4.78, 5) is 11.1. The van der Waals surface area contributed by atoms with Crippen molar-refractivity contribution in [1.29, 1.82) is 0 Å². The molecule has 1 rings (SSSR count).